The lowest BCUT2D eigenvalue weighted by Crippen LogP contribution is -2.39. The smallest absolute Gasteiger partial charge is 0.308 e. The number of likely N-dealkylation sites (tertiary alicyclic amines) is 1. The van der Waals surface area contributed by atoms with E-state index in [-0.39, 0.29) is 17.8 Å². The van der Waals surface area contributed by atoms with Crippen LogP contribution in [0.5, 0.6) is 5.75 Å². The van der Waals surface area contributed by atoms with Gasteiger partial charge in [0.2, 0.25) is 5.91 Å². The minimum Gasteiger partial charge on any atom is -0.493 e. The molecule has 0 N–H and O–H groups in total. The summed E-state index contributed by atoms with van der Waals surface area (Å²) in [7, 11) is 1.40. The van der Waals surface area contributed by atoms with E-state index in [9.17, 15) is 9.59 Å². The normalized spacial score (nSPS) is 15.7. The van der Waals surface area contributed by atoms with Crippen molar-refractivity contribution in [3.05, 3.63) is 35.6 Å². The largest absolute Gasteiger partial charge is 0.493 e. The standard InChI is InChI=1S/C22H27NO5/c1-5-27-19-12-20-18(15(3)13-28-20)11-17(19)14(2)10-21(24)23-8-6-16(7-9-23)22(25)26-4/h10-13,16H,5-9H2,1-4H3/b14-10+. The number of carbonyl (C=O) groups excluding carboxylic acids is 2. The van der Waals surface area contributed by atoms with Crippen molar-refractivity contribution in [2.45, 2.75) is 33.6 Å². The zero-order chi connectivity index (χ0) is 20.3. The fourth-order valence-electron chi connectivity index (χ4n) is 3.62. The number of carbonyl (C=O) groups is 2. The Labute approximate surface area is 165 Å². The monoisotopic (exact) mass is 385 g/mol. The molecule has 6 heteroatoms. The van der Waals surface area contributed by atoms with Gasteiger partial charge in [0.1, 0.15) is 11.3 Å². The van der Waals surface area contributed by atoms with E-state index in [2.05, 4.69) is 0 Å². The molecule has 1 aliphatic rings. The van der Waals surface area contributed by atoms with E-state index in [4.69, 9.17) is 13.9 Å². The summed E-state index contributed by atoms with van der Waals surface area (Å²) in [6.45, 7) is 7.47. The molecule has 2 aromatic rings. The minimum absolute atomic E-state index is 0.0488. The summed E-state index contributed by atoms with van der Waals surface area (Å²) in [6, 6.07) is 3.90. The van der Waals surface area contributed by atoms with Crippen LogP contribution >= 0.6 is 0 Å². The van der Waals surface area contributed by atoms with Gasteiger partial charge in [-0.15, -0.1) is 0 Å². The molecule has 1 aliphatic heterocycles. The summed E-state index contributed by atoms with van der Waals surface area (Å²) >= 11 is 0. The molecule has 0 spiro atoms. The highest BCUT2D eigenvalue weighted by atomic mass is 16.5. The molecule has 28 heavy (non-hydrogen) atoms. The fourth-order valence-corrected chi connectivity index (χ4v) is 3.62. The molecule has 2 heterocycles. The first-order valence-electron chi connectivity index (χ1n) is 9.64. The molecule has 1 saturated heterocycles. The second-order valence-electron chi connectivity index (χ2n) is 7.15. The molecule has 1 aromatic carbocycles. The van der Waals surface area contributed by atoms with E-state index in [0.717, 1.165) is 27.7 Å². The number of furan rings is 1. The zero-order valence-corrected chi connectivity index (χ0v) is 16.9. The Hall–Kier alpha value is -2.76. The Morgan fingerprint density at radius 2 is 2.00 bits per heavy atom. The van der Waals surface area contributed by atoms with Crippen LogP contribution in [-0.2, 0) is 14.3 Å². The average molecular weight is 385 g/mol. The molecule has 0 radical (unpaired) electrons. The van der Waals surface area contributed by atoms with Crippen LogP contribution in [0.25, 0.3) is 16.5 Å². The summed E-state index contributed by atoms with van der Waals surface area (Å²) in [4.78, 5) is 26.2. The van der Waals surface area contributed by atoms with Crippen LogP contribution in [0.4, 0.5) is 0 Å². The number of amides is 1. The number of rotatable bonds is 5. The Morgan fingerprint density at radius 3 is 2.64 bits per heavy atom. The van der Waals surface area contributed by atoms with Gasteiger partial charge in [0.15, 0.2) is 0 Å². The van der Waals surface area contributed by atoms with Gasteiger partial charge in [-0.1, -0.05) is 0 Å². The number of piperidine rings is 1. The second kappa shape index (κ2) is 8.50. The van der Waals surface area contributed by atoms with Crippen molar-refractivity contribution in [2.24, 2.45) is 5.92 Å². The quantitative estimate of drug-likeness (QED) is 0.576. The van der Waals surface area contributed by atoms with Crippen LogP contribution in [0.1, 0.15) is 37.8 Å². The van der Waals surface area contributed by atoms with E-state index in [0.29, 0.717) is 38.3 Å². The van der Waals surface area contributed by atoms with Crippen molar-refractivity contribution in [3.63, 3.8) is 0 Å². The molecule has 1 aromatic heterocycles. The third kappa shape index (κ3) is 4.06. The Morgan fingerprint density at radius 1 is 1.29 bits per heavy atom. The lowest BCUT2D eigenvalue weighted by atomic mass is 9.96. The van der Waals surface area contributed by atoms with Crippen molar-refractivity contribution < 1.29 is 23.5 Å². The predicted octanol–water partition coefficient (Wildman–Crippen LogP) is 3.95. The molecule has 0 atom stereocenters. The zero-order valence-electron chi connectivity index (χ0n) is 16.9. The molecule has 150 valence electrons. The van der Waals surface area contributed by atoms with E-state index in [1.165, 1.54) is 7.11 Å². The van der Waals surface area contributed by atoms with Gasteiger partial charge in [0.25, 0.3) is 0 Å². The van der Waals surface area contributed by atoms with Crippen molar-refractivity contribution in [1.82, 2.24) is 4.90 Å². The van der Waals surface area contributed by atoms with Crippen LogP contribution in [0.3, 0.4) is 0 Å². The van der Waals surface area contributed by atoms with Crippen molar-refractivity contribution in [2.75, 3.05) is 26.8 Å². The number of hydrogen-bond donors (Lipinski definition) is 0. The number of allylic oxidation sites excluding steroid dienone is 1. The number of methoxy groups -OCH3 is 1. The van der Waals surface area contributed by atoms with Gasteiger partial charge in [0, 0.05) is 36.2 Å². The van der Waals surface area contributed by atoms with E-state index in [1.54, 1.807) is 17.2 Å². The number of nitrogens with zero attached hydrogens (tertiary/aromatic N) is 1. The van der Waals surface area contributed by atoms with Crippen LogP contribution < -0.4 is 4.74 Å². The molecule has 3 rings (SSSR count). The molecule has 1 fully saturated rings. The first-order chi connectivity index (χ1) is 13.4. The maximum Gasteiger partial charge on any atom is 0.308 e. The maximum absolute atomic E-state index is 12.8. The SMILES string of the molecule is CCOc1cc2occ(C)c2cc1/C(C)=C/C(=O)N1CCC(C(=O)OC)CC1. The number of hydrogen-bond acceptors (Lipinski definition) is 5. The summed E-state index contributed by atoms with van der Waals surface area (Å²) in [5, 5.41) is 1.01. The van der Waals surface area contributed by atoms with Gasteiger partial charge in [-0.25, -0.2) is 0 Å². The highest BCUT2D eigenvalue weighted by molar-refractivity contribution is 5.97. The fraction of sp³-hybridized carbons (Fsp3) is 0.455. The third-order valence-electron chi connectivity index (χ3n) is 5.28. The number of esters is 1. The number of benzene rings is 1. The first kappa shape index (κ1) is 20.0. The Bertz CT molecular complexity index is 903. The summed E-state index contributed by atoms with van der Waals surface area (Å²) in [5.74, 6) is 0.349. The topological polar surface area (TPSA) is 69.0 Å². The van der Waals surface area contributed by atoms with E-state index < -0.39 is 0 Å². The van der Waals surface area contributed by atoms with E-state index in [1.807, 2.05) is 32.9 Å². The van der Waals surface area contributed by atoms with Gasteiger partial charge in [-0.05, 0) is 50.8 Å². The third-order valence-corrected chi connectivity index (χ3v) is 5.28. The van der Waals surface area contributed by atoms with Crippen molar-refractivity contribution in [3.8, 4) is 5.75 Å². The molecule has 0 unspecified atom stereocenters. The maximum atomic E-state index is 12.8. The van der Waals surface area contributed by atoms with Crippen LogP contribution in [0.15, 0.2) is 28.9 Å². The van der Waals surface area contributed by atoms with Crippen LogP contribution in [-0.4, -0.2) is 43.6 Å². The summed E-state index contributed by atoms with van der Waals surface area (Å²) in [6.07, 6.45) is 4.64. The number of fused-ring (bicyclic) bond motifs is 1. The molecule has 0 saturated carbocycles. The molecule has 0 aliphatic carbocycles. The Balaban J connectivity index is 1.81. The lowest BCUT2D eigenvalue weighted by molar-refractivity contribution is -0.148. The van der Waals surface area contributed by atoms with E-state index >= 15 is 0 Å². The van der Waals surface area contributed by atoms with Gasteiger partial charge in [-0.3, -0.25) is 9.59 Å². The van der Waals surface area contributed by atoms with Gasteiger partial charge < -0.3 is 18.8 Å². The summed E-state index contributed by atoms with van der Waals surface area (Å²) < 4.78 is 16.2. The number of aryl methyl sites for hydroxylation is 1. The van der Waals surface area contributed by atoms with Gasteiger partial charge in [0.05, 0.1) is 25.9 Å². The van der Waals surface area contributed by atoms with Crippen molar-refractivity contribution >= 4 is 28.4 Å². The van der Waals surface area contributed by atoms with Crippen LogP contribution in [0, 0.1) is 12.8 Å². The minimum atomic E-state index is -0.191. The molecular formula is C22H27NO5. The van der Waals surface area contributed by atoms with Crippen LogP contribution in [0.2, 0.25) is 0 Å². The molecule has 1 amide bonds. The predicted molar refractivity (Wildman–Crippen MR) is 107 cm³/mol. The highest BCUT2D eigenvalue weighted by Crippen LogP contribution is 2.33. The van der Waals surface area contributed by atoms with Crippen molar-refractivity contribution in [1.29, 1.82) is 0 Å². The second-order valence-corrected chi connectivity index (χ2v) is 7.15. The highest BCUT2D eigenvalue weighted by Gasteiger charge is 2.27. The lowest BCUT2D eigenvalue weighted by Gasteiger charge is -2.30. The molecule has 0 bridgehead atoms. The molecule has 6 nitrogen and oxygen atoms in total. The van der Waals surface area contributed by atoms with Gasteiger partial charge in [-0.2, -0.15) is 0 Å². The molecular weight excluding hydrogens is 358 g/mol. The summed E-state index contributed by atoms with van der Waals surface area (Å²) in [5.41, 5.74) is 3.54. The van der Waals surface area contributed by atoms with Gasteiger partial charge >= 0.3 is 5.97 Å². The Kier molecular flexibility index (Phi) is 6.07. The average Bonchev–Trinajstić information content (AvgIpc) is 3.07. The first-order valence-corrected chi connectivity index (χ1v) is 9.64. The number of ether oxygens (including phenoxy) is 2.